The number of carboxylic acids is 1. The number of rotatable bonds is 6. The van der Waals surface area contributed by atoms with Crippen LogP contribution in [0, 0.1) is 0 Å². The molecule has 15 heavy (non-hydrogen) atoms. The summed E-state index contributed by atoms with van der Waals surface area (Å²) >= 11 is 1.54. The van der Waals surface area contributed by atoms with Crippen LogP contribution in [0.1, 0.15) is 13.3 Å². The summed E-state index contributed by atoms with van der Waals surface area (Å²) in [6.45, 7) is 2.60. The average Bonchev–Trinajstić information content (AvgIpc) is 2.20. The molecular formula is C11H14O3S. The summed E-state index contributed by atoms with van der Waals surface area (Å²) in [5.74, 6) is 0.692. The maximum atomic E-state index is 10.3. The quantitative estimate of drug-likeness (QED) is 0.757. The molecule has 0 aliphatic rings. The largest absolute Gasteiger partial charge is 0.494 e. The Kier molecular flexibility index (Phi) is 5.04. The molecule has 0 saturated carbocycles. The second kappa shape index (κ2) is 6.35. The van der Waals surface area contributed by atoms with E-state index in [-0.39, 0.29) is 6.42 Å². The fraction of sp³-hybridized carbons (Fsp3) is 0.364. The molecule has 1 N–H and O–H groups in total. The van der Waals surface area contributed by atoms with E-state index in [1.165, 1.54) is 11.8 Å². The van der Waals surface area contributed by atoms with E-state index in [9.17, 15) is 4.79 Å². The Bertz CT molecular complexity index is 308. The maximum Gasteiger partial charge on any atom is 0.304 e. The Balaban J connectivity index is 2.39. The molecule has 0 bridgehead atoms. The van der Waals surface area contributed by atoms with E-state index in [1.54, 1.807) is 0 Å². The van der Waals surface area contributed by atoms with Gasteiger partial charge in [-0.25, -0.2) is 0 Å². The lowest BCUT2D eigenvalue weighted by Crippen LogP contribution is -1.95. The molecule has 1 rings (SSSR count). The van der Waals surface area contributed by atoms with E-state index in [0.29, 0.717) is 12.4 Å². The van der Waals surface area contributed by atoms with Crippen molar-refractivity contribution in [3.63, 3.8) is 0 Å². The minimum Gasteiger partial charge on any atom is -0.494 e. The smallest absolute Gasteiger partial charge is 0.304 e. The third-order valence-electron chi connectivity index (χ3n) is 1.72. The Hall–Kier alpha value is -1.16. The number of carbonyl (C=O) groups is 1. The van der Waals surface area contributed by atoms with E-state index in [1.807, 2.05) is 31.2 Å². The summed E-state index contributed by atoms with van der Waals surface area (Å²) in [4.78, 5) is 11.4. The van der Waals surface area contributed by atoms with Crippen molar-refractivity contribution in [2.75, 3.05) is 12.4 Å². The van der Waals surface area contributed by atoms with Crippen LogP contribution in [0.3, 0.4) is 0 Å². The lowest BCUT2D eigenvalue weighted by Gasteiger charge is -2.03. The molecule has 0 saturated heterocycles. The zero-order chi connectivity index (χ0) is 11.1. The third kappa shape index (κ3) is 4.74. The van der Waals surface area contributed by atoms with Crippen molar-refractivity contribution in [1.29, 1.82) is 0 Å². The van der Waals surface area contributed by atoms with Gasteiger partial charge in [-0.1, -0.05) is 0 Å². The normalized spacial score (nSPS) is 9.93. The van der Waals surface area contributed by atoms with Crippen LogP contribution in [0.5, 0.6) is 5.75 Å². The molecule has 0 atom stereocenters. The van der Waals surface area contributed by atoms with E-state index in [2.05, 4.69) is 0 Å². The van der Waals surface area contributed by atoms with Crippen LogP contribution in [-0.2, 0) is 4.79 Å². The number of hydrogen-bond donors (Lipinski definition) is 1. The van der Waals surface area contributed by atoms with Crippen molar-refractivity contribution < 1.29 is 14.6 Å². The lowest BCUT2D eigenvalue weighted by atomic mass is 10.3. The molecule has 4 heteroatoms. The first-order valence-electron chi connectivity index (χ1n) is 4.80. The molecule has 1 aromatic rings. The Morgan fingerprint density at radius 2 is 2.07 bits per heavy atom. The number of thioether (sulfide) groups is 1. The van der Waals surface area contributed by atoms with E-state index in [0.717, 1.165) is 10.6 Å². The number of carboxylic acid groups (broad SMARTS) is 1. The molecule has 0 aromatic heterocycles. The van der Waals surface area contributed by atoms with Gasteiger partial charge < -0.3 is 9.84 Å². The average molecular weight is 226 g/mol. The van der Waals surface area contributed by atoms with Gasteiger partial charge in [-0.2, -0.15) is 0 Å². The zero-order valence-electron chi connectivity index (χ0n) is 8.60. The summed E-state index contributed by atoms with van der Waals surface area (Å²) in [6.07, 6.45) is 0.192. The zero-order valence-corrected chi connectivity index (χ0v) is 9.42. The SMILES string of the molecule is CCOc1ccc(SCCC(=O)O)cc1. The molecule has 0 radical (unpaired) electrons. The Morgan fingerprint density at radius 3 is 2.60 bits per heavy atom. The Labute approximate surface area is 93.4 Å². The predicted octanol–water partition coefficient (Wildman–Crippen LogP) is 2.65. The van der Waals surface area contributed by atoms with Crippen LogP contribution >= 0.6 is 11.8 Å². The summed E-state index contributed by atoms with van der Waals surface area (Å²) in [5.41, 5.74) is 0. The van der Waals surface area contributed by atoms with E-state index in [4.69, 9.17) is 9.84 Å². The molecule has 0 heterocycles. The van der Waals surface area contributed by atoms with Crippen molar-refractivity contribution in [3.05, 3.63) is 24.3 Å². The first-order chi connectivity index (χ1) is 7.22. The minimum absolute atomic E-state index is 0.192. The first-order valence-corrected chi connectivity index (χ1v) is 5.78. The molecule has 0 aliphatic heterocycles. The Morgan fingerprint density at radius 1 is 1.40 bits per heavy atom. The molecule has 0 amide bonds. The van der Waals surface area contributed by atoms with E-state index >= 15 is 0 Å². The molecule has 3 nitrogen and oxygen atoms in total. The summed E-state index contributed by atoms with van der Waals surface area (Å²) in [7, 11) is 0. The summed E-state index contributed by atoms with van der Waals surface area (Å²) in [6, 6.07) is 7.67. The molecule has 82 valence electrons. The van der Waals surface area contributed by atoms with Gasteiger partial charge in [-0.15, -0.1) is 11.8 Å². The monoisotopic (exact) mass is 226 g/mol. The van der Waals surface area contributed by atoms with Gasteiger partial charge in [0.1, 0.15) is 5.75 Å². The van der Waals surface area contributed by atoms with Crippen molar-refractivity contribution in [1.82, 2.24) is 0 Å². The van der Waals surface area contributed by atoms with Gasteiger partial charge in [0.2, 0.25) is 0 Å². The van der Waals surface area contributed by atoms with Gasteiger partial charge in [0, 0.05) is 10.6 Å². The fourth-order valence-corrected chi connectivity index (χ4v) is 1.90. The van der Waals surface area contributed by atoms with Crippen molar-refractivity contribution in [2.45, 2.75) is 18.2 Å². The number of aliphatic carboxylic acids is 1. The first kappa shape index (κ1) is 11.9. The van der Waals surface area contributed by atoms with Gasteiger partial charge in [0.15, 0.2) is 0 Å². The van der Waals surface area contributed by atoms with Crippen molar-refractivity contribution in [2.24, 2.45) is 0 Å². The van der Waals surface area contributed by atoms with Gasteiger partial charge in [0.05, 0.1) is 13.0 Å². The molecular weight excluding hydrogens is 212 g/mol. The van der Waals surface area contributed by atoms with Crippen LogP contribution < -0.4 is 4.74 Å². The van der Waals surface area contributed by atoms with Gasteiger partial charge in [-0.3, -0.25) is 4.79 Å². The summed E-state index contributed by atoms with van der Waals surface area (Å²) in [5, 5.41) is 8.47. The van der Waals surface area contributed by atoms with Crippen LogP contribution in [0.15, 0.2) is 29.2 Å². The fourth-order valence-electron chi connectivity index (χ4n) is 1.05. The number of hydrogen-bond acceptors (Lipinski definition) is 3. The molecule has 0 fully saturated rings. The van der Waals surface area contributed by atoms with Crippen LogP contribution in [0.25, 0.3) is 0 Å². The minimum atomic E-state index is -0.756. The predicted molar refractivity (Wildman–Crippen MR) is 60.6 cm³/mol. The molecule has 0 unspecified atom stereocenters. The highest BCUT2D eigenvalue weighted by Crippen LogP contribution is 2.21. The number of benzene rings is 1. The van der Waals surface area contributed by atoms with Crippen molar-refractivity contribution in [3.8, 4) is 5.75 Å². The highest BCUT2D eigenvalue weighted by Gasteiger charge is 1.99. The molecule has 0 aliphatic carbocycles. The van der Waals surface area contributed by atoms with Gasteiger partial charge >= 0.3 is 5.97 Å². The standard InChI is InChI=1S/C11H14O3S/c1-2-14-9-3-5-10(6-4-9)15-8-7-11(12)13/h3-6H,2,7-8H2,1H3,(H,12,13). The van der Waals surface area contributed by atoms with Gasteiger partial charge in [0.25, 0.3) is 0 Å². The van der Waals surface area contributed by atoms with Crippen LogP contribution in [-0.4, -0.2) is 23.4 Å². The number of ether oxygens (including phenoxy) is 1. The highest BCUT2D eigenvalue weighted by atomic mass is 32.2. The van der Waals surface area contributed by atoms with Crippen molar-refractivity contribution >= 4 is 17.7 Å². The molecule has 1 aromatic carbocycles. The topological polar surface area (TPSA) is 46.5 Å². The van der Waals surface area contributed by atoms with Gasteiger partial charge in [-0.05, 0) is 31.2 Å². The summed E-state index contributed by atoms with van der Waals surface area (Å²) < 4.78 is 5.30. The maximum absolute atomic E-state index is 10.3. The highest BCUT2D eigenvalue weighted by molar-refractivity contribution is 7.99. The second-order valence-corrected chi connectivity index (χ2v) is 4.06. The molecule has 0 spiro atoms. The van der Waals surface area contributed by atoms with Crippen LogP contribution in [0.4, 0.5) is 0 Å². The lowest BCUT2D eigenvalue weighted by molar-refractivity contribution is -0.136. The van der Waals surface area contributed by atoms with E-state index < -0.39 is 5.97 Å². The second-order valence-electron chi connectivity index (χ2n) is 2.90. The van der Waals surface area contributed by atoms with Crippen LogP contribution in [0.2, 0.25) is 0 Å². The third-order valence-corrected chi connectivity index (χ3v) is 2.73.